The minimum atomic E-state index is -0.692. The summed E-state index contributed by atoms with van der Waals surface area (Å²) in [5.41, 5.74) is -0.692. The van der Waals surface area contributed by atoms with Gasteiger partial charge in [-0.05, 0) is 33.3 Å². The fourth-order valence-corrected chi connectivity index (χ4v) is 2.74. The standard InChI is InChI=1S/C22H30O6/c1-8-9-13-27-17-14-11-10-12-15(24-5)16(14)18(20(26-7)19(17)25-6)28-21(23)22(2,3)4/h10-12H,8-9,13H2,1-7H3. The van der Waals surface area contributed by atoms with E-state index in [1.165, 1.54) is 14.2 Å². The predicted molar refractivity (Wildman–Crippen MR) is 109 cm³/mol. The van der Waals surface area contributed by atoms with Gasteiger partial charge in [0.15, 0.2) is 11.5 Å². The smallest absolute Gasteiger partial charge is 0.316 e. The summed E-state index contributed by atoms with van der Waals surface area (Å²) in [6.07, 6.45) is 1.90. The van der Waals surface area contributed by atoms with Crippen LogP contribution in [0.25, 0.3) is 10.8 Å². The number of carbonyl (C=O) groups excluding carboxylic acids is 1. The van der Waals surface area contributed by atoms with Crippen LogP contribution in [0.4, 0.5) is 0 Å². The maximum absolute atomic E-state index is 12.7. The average molecular weight is 390 g/mol. The highest BCUT2D eigenvalue weighted by Gasteiger charge is 2.31. The van der Waals surface area contributed by atoms with E-state index in [4.69, 9.17) is 23.7 Å². The van der Waals surface area contributed by atoms with Gasteiger partial charge in [-0.15, -0.1) is 0 Å². The summed E-state index contributed by atoms with van der Waals surface area (Å²) in [5, 5.41) is 1.33. The van der Waals surface area contributed by atoms with E-state index < -0.39 is 5.41 Å². The van der Waals surface area contributed by atoms with E-state index in [1.807, 2.05) is 12.1 Å². The molecule has 0 atom stereocenters. The van der Waals surface area contributed by atoms with Gasteiger partial charge in [0.2, 0.25) is 11.5 Å². The lowest BCUT2D eigenvalue weighted by Gasteiger charge is -2.23. The fourth-order valence-electron chi connectivity index (χ4n) is 2.74. The molecule has 2 aromatic carbocycles. The maximum atomic E-state index is 12.7. The molecule has 0 fully saturated rings. The Labute approximate surface area is 166 Å². The Kier molecular flexibility index (Phi) is 7.00. The summed E-state index contributed by atoms with van der Waals surface area (Å²) in [6.45, 7) is 8.00. The van der Waals surface area contributed by atoms with Crippen molar-refractivity contribution < 1.29 is 28.5 Å². The average Bonchev–Trinajstić information content (AvgIpc) is 2.67. The number of carbonyl (C=O) groups is 1. The third-order valence-electron chi connectivity index (χ3n) is 4.30. The SMILES string of the molecule is CCCCOc1c(OC)c(OC)c(OC(=O)C(C)(C)C)c2c(OC)cccc12. The summed E-state index contributed by atoms with van der Waals surface area (Å²) >= 11 is 0. The zero-order chi connectivity index (χ0) is 20.9. The number of hydrogen-bond donors (Lipinski definition) is 0. The third-order valence-corrected chi connectivity index (χ3v) is 4.30. The molecule has 0 aliphatic rings. The first-order chi connectivity index (χ1) is 13.3. The summed E-state index contributed by atoms with van der Waals surface area (Å²) in [5.74, 6) is 1.64. The number of methoxy groups -OCH3 is 3. The molecule has 6 nitrogen and oxygen atoms in total. The van der Waals surface area contributed by atoms with Crippen LogP contribution in [-0.2, 0) is 4.79 Å². The molecule has 0 N–H and O–H groups in total. The molecular weight excluding hydrogens is 360 g/mol. The Balaban J connectivity index is 2.82. The van der Waals surface area contributed by atoms with Crippen molar-refractivity contribution >= 4 is 16.7 Å². The van der Waals surface area contributed by atoms with E-state index in [0.29, 0.717) is 35.0 Å². The van der Waals surface area contributed by atoms with Crippen molar-refractivity contribution in [2.75, 3.05) is 27.9 Å². The van der Waals surface area contributed by atoms with Crippen molar-refractivity contribution in [3.8, 4) is 28.7 Å². The Morgan fingerprint density at radius 3 is 2.11 bits per heavy atom. The predicted octanol–water partition coefficient (Wildman–Crippen LogP) is 5.00. The lowest BCUT2D eigenvalue weighted by molar-refractivity contribution is -0.143. The van der Waals surface area contributed by atoms with Gasteiger partial charge in [-0.2, -0.15) is 0 Å². The highest BCUT2D eigenvalue weighted by atomic mass is 16.6. The van der Waals surface area contributed by atoms with E-state index in [-0.39, 0.29) is 11.7 Å². The molecule has 0 unspecified atom stereocenters. The monoisotopic (exact) mass is 390 g/mol. The van der Waals surface area contributed by atoms with Crippen molar-refractivity contribution in [1.82, 2.24) is 0 Å². The normalized spacial score (nSPS) is 11.2. The molecule has 0 aliphatic heterocycles. The number of benzene rings is 2. The molecule has 2 rings (SSSR count). The number of unbranched alkanes of at least 4 members (excludes halogenated alkanes) is 1. The molecule has 2 aromatic rings. The number of ether oxygens (including phenoxy) is 5. The van der Waals surface area contributed by atoms with Crippen LogP contribution in [0, 0.1) is 5.41 Å². The van der Waals surface area contributed by atoms with Crippen LogP contribution < -0.4 is 23.7 Å². The Bertz CT molecular complexity index is 835. The van der Waals surface area contributed by atoms with E-state index in [2.05, 4.69) is 6.92 Å². The highest BCUT2D eigenvalue weighted by molar-refractivity contribution is 6.03. The second kappa shape index (κ2) is 9.04. The van der Waals surface area contributed by atoms with Crippen LogP contribution in [0.1, 0.15) is 40.5 Å². The minimum absolute atomic E-state index is 0.259. The maximum Gasteiger partial charge on any atom is 0.316 e. The molecule has 28 heavy (non-hydrogen) atoms. The number of esters is 1. The van der Waals surface area contributed by atoms with Crippen molar-refractivity contribution in [3.05, 3.63) is 18.2 Å². The molecule has 0 aromatic heterocycles. The van der Waals surface area contributed by atoms with Crippen LogP contribution in [0.5, 0.6) is 28.7 Å². The summed E-state index contributed by atoms with van der Waals surface area (Å²) in [4.78, 5) is 12.7. The van der Waals surface area contributed by atoms with Gasteiger partial charge >= 0.3 is 5.97 Å². The van der Waals surface area contributed by atoms with Crippen LogP contribution in [0.3, 0.4) is 0 Å². The molecular formula is C22H30O6. The third kappa shape index (κ3) is 4.26. The molecule has 0 heterocycles. The Morgan fingerprint density at radius 2 is 1.57 bits per heavy atom. The van der Waals surface area contributed by atoms with Crippen molar-refractivity contribution in [2.45, 2.75) is 40.5 Å². The van der Waals surface area contributed by atoms with E-state index >= 15 is 0 Å². The molecule has 0 saturated carbocycles. The first kappa shape index (κ1) is 21.7. The van der Waals surface area contributed by atoms with Gasteiger partial charge in [0, 0.05) is 5.39 Å². The van der Waals surface area contributed by atoms with Gasteiger partial charge in [-0.1, -0.05) is 25.5 Å². The second-order valence-corrected chi connectivity index (χ2v) is 7.45. The zero-order valence-corrected chi connectivity index (χ0v) is 17.8. The first-order valence-electron chi connectivity index (χ1n) is 9.39. The lowest BCUT2D eigenvalue weighted by atomic mass is 9.97. The van der Waals surface area contributed by atoms with Crippen molar-refractivity contribution in [2.24, 2.45) is 5.41 Å². The second-order valence-electron chi connectivity index (χ2n) is 7.45. The Hall–Kier alpha value is -2.63. The van der Waals surface area contributed by atoms with Crippen molar-refractivity contribution in [3.63, 3.8) is 0 Å². The van der Waals surface area contributed by atoms with Crippen LogP contribution >= 0.6 is 0 Å². The molecule has 0 aliphatic carbocycles. The number of hydrogen-bond acceptors (Lipinski definition) is 6. The molecule has 0 amide bonds. The molecule has 0 spiro atoms. The fraction of sp³-hybridized carbons (Fsp3) is 0.500. The topological polar surface area (TPSA) is 63.2 Å². The molecule has 0 saturated heterocycles. The number of rotatable bonds is 8. The van der Waals surface area contributed by atoms with E-state index in [1.54, 1.807) is 33.9 Å². The minimum Gasteiger partial charge on any atom is -0.496 e. The quantitative estimate of drug-likeness (QED) is 0.359. The summed E-state index contributed by atoms with van der Waals surface area (Å²) in [6, 6.07) is 5.54. The summed E-state index contributed by atoms with van der Waals surface area (Å²) < 4.78 is 28.6. The van der Waals surface area contributed by atoms with Crippen LogP contribution in [0.2, 0.25) is 0 Å². The van der Waals surface area contributed by atoms with E-state index in [9.17, 15) is 4.79 Å². The van der Waals surface area contributed by atoms with Gasteiger partial charge in [0.25, 0.3) is 0 Å². The molecule has 6 heteroatoms. The largest absolute Gasteiger partial charge is 0.496 e. The van der Waals surface area contributed by atoms with Gasteiger partial charge in [0.1, 0.15) is 5.75 Å². The molecule has 0 bridgehead atoms. The van der Waals surface area contributed by atoms with Gasteiger partial charge in [-0.25, -0.2) is 0 Å². The van der Waals surface area contributed by atoms with Crippen LogP contribution in [0.15, 0.2) is 18.2 Å². The molecule has 0 radical (unpaired) electrons. The van der Waals surface area contributed by atoms with Crippen molar-refractivity contribution in [1.29, 1.82) is 0 Å². The van der Waals surface area contributed by atoms with Gasteiger partial charge in [-0.3, -0.25) is 4.79 Å². The first-order valence-corrected chi connectivity index (χ1v) is 9.39. The van der Waals surface area contributed by atoms with Crippen LogP contribution in [-0.4, -0.2) is 33.9 Å². The van der Waals surface area contributed by atoms with Gasteiger partial charge < -0.3 is 23.7 Å². The Morgan fingerprint density at radius 1 is 0.929 bits per heavy atom. The molecule has 154 valence electrons. The summed E-state index contributed by atoms with van der Waals surface area (Å²) in [7, 11) is 4.60. The van der Waals surface area contributed by atoms with E-state index in [0.717, 1.165) is 18.2 Å². The zero-order valence-electron chi connectivity index (χ0n) is 17.8. The highest BCUT2D eigenvalue weighted by Crippen LogP contribution is 2.53. The van der Waals surface area contributed by atoms with Gasteiger partial charge in [0.05, 0.1) is 38.7 Å². The lowest BCUT2D eigenvalue weighted by Crippen LogP contribution is -2.26. The number of fused-ring (bicyclic) bond motifs is 1.